The fourth-order valence-electron chi connectivity index (χ4n) is 2.76. The van der Waals surface area contributed by atoms with Crippen molar-refractivity contribution in [3.05, 3.63) is 12.4 Å². The summed E-state index contributed by atoms with van der Waals surface area (Å²) in [5.74, 6) is 0. The van der Waals surface area contributed by atoms with E-state index in [0.29, 0.717) is 6.04 Å². The van der Waals surface area contributed by atoms with Crippen LogP contribution in [0.15, 0.2) is 12.4 Å². The van der Waals surface area contributed by atoms with Gasteiger partial charge in [0, 0.05) is 35.1 Å². The van der Waals surface area contributed by atoms with E-state index in [2.05, 4.69) is 98.4 Å². The van der Waals surface area contributed by atoms with Gasteiger partial charge in [-0.15, -0.1) is 0 Å². The van der Waals surface area contributed by atoms with Gasteiger partial charge in [0.2, 0.25) is 0 Å². The highest BCUT2D eigenvalue weighted by Crippen LogP contribution is 2.26. The topological polar surface area (TPSA) is 6.48 Å². The van der Waals surface area contributed by atoms with Crippen LogP contribution in [0.3, 0.4) is 0 Å². The summed E-state index contributed by atoms with van der Waals surface area (Å²) >= 11 is 0. The first-order valence-corrected chi connectivity index (χ1v) is 7.43. The van der Waals surface area contributed by atoms with Crippen molar-refractivity contribution in [3.8, 4) is 0 Å². The zero-order chi connectivity index (χ0) is 15.6. The van der Waals surface area contributed by atoms with Crippen LogP contribution in [0.1, 0.15) is 76.2 Å². The molecule has 0 aliphatic carbocycles. The lowest BCUT2D eigenvalue weighted by Gasteiger charge is -2.46. The third-order valence-corrected chi connectivity index (χ3v) is 3.15. The molecule has 0 aromatic heterocycles. The Morgan fingerprint density at radius 3 is 1.21 bits per heavy atom. The smallest absolute Gasteiger partial charge is 0.0318 e. The molecule has 19 heavy (non-hydrogen) atoms. The average molecular weight is 268 g/mol. The molecule has 0 amide bonds. The molecular formula is C17H36N2. The van der Waals surface area contributed by atoms with Crippen molar-refractivity contribution in [2.45, 2.75) is 98.8 Å². The van der Waals surface area contributed by atoms with Crippen molar-refractivity contribution in [3.63, 3.8) is 0 Å². The van der Waals surface area contributed by atoms with Crippen molar-refractivity contribution in [2.75, 3.05) is 0 Å². The van der Waals surface area contributed by atoms with Gasteiger partial charge in [0.25, 0.3) is 0 Å². The highest BCUT2D eigenvalue weighted by atomic mass is 15.3. The van der Waals surface area contributed by atoms with Gasteiger partial charge < -0.3 is 9.80 Å². The Hall–Kier alpha value is -0.660. The van der Waals surface area contributed by atoms with Crippen molar-refractivity contribution in [1.82, 2.24) is 9.80 Å². The predicted molar refractivity (Wildman–Crippen MR) is 87.2 cm³/mol. The second-order valence-corrected chi connectivity index (χ2v) is 8.68. The van der Waals surface area contributed by atoms with E-state index >= 15 is 0 Å². The van der Waals surface area contributed by atoms with Crippen LogP contribution in [-0.4, -0.2) is 32.5 Å². The first-order valence-electron chi connectivity index (χ1n) is 7.43. The van der Waals surface area contributed by atoms with Crippen LogP contribution in [0.4, 0.5) is 0 Å². The van der Waals surface area contributed by atoms with Crippen molar-refractivity contribution in [2.24, 2.45) is 0 Å². The van der Waals surface area contributed by atoms with Gasteiger partial charge >= 0.3 is 0 Å². The lowest BCUT2D eigenvalue weighted by atomic mass is 9.97. The van der Waals surface area contributed by atoms with E-state index in [0.717, 1.165) is 0 Å². The maximum Gasteiger partial charge on any atom is 0.0318 e. The maximum atomic E-state index is 2.43. The second kappa shape index (κ2) is 5.76. The van der Waals surface area contributed by atoms with E-state index < -0.39 is 0 Å². The van der Waals surface area contributed by atoms with E-state index in [1.165, 1.54) is 0 Å². The molecule has 0 radical (unpaired) electrons. The van der Waals surface area contributed by atoms with Gasteiger partial charge in [-0.25, -0.2) is 0 Å². The van der Waals surface area contributed by atoms with Gasteiger partial charge in [0.15, 0.2) is 0 Å². The Morgan fingerprint density at radius 1 is 0.632 bits per heavy atom. The lowest BCUT2D eigenvalue weighted by Crippen LogP contribution is -2.50. The Labute approximate surface area is 121 Å². The molecule has 0 aliphatic heterocycles. The molecular weight excluding hydrogens is 232 g/mol. The van der Waals surface area contributed by atoms with E-state index in [4.69, 9.17) is 0 Å². The Bertz CT molecular complexity index is 281. The standard InChI is InChI=1S/C17H36N2/c1-14(2)18(15(3,4)5)12-13-19(16(6,7)8)17(9,10)11/h12-14H,1-11H3/b13-12+. The molecule has 0 aromatic rings. The molecule has 0 aromatic carbocycles. The van der Waals surface area contributed by atoms with Crippen LogP contribution in [0.25, 0.3) is 0 Å². The van der Waals surface area contributed by atoms with Crippen LogP contribution in [0.2, 0.25) is 0 Å². The minimum Gasteiger partial charge on any atom is -0.369 e. The summed E-state index contributed by atoms with van der Waals surface area (Å²) in [4.78, 5) is 4.85. The molecule has 0 N–H and O–H groups in total. The highest BCUT2D eigenvalue weighted by molar-refractivity contribution is 4.99. The molecule has 0 fully saturated rings. The summed E-state index contributed by atoms with van der Waals surface area (Å²) in [5.41, 5.74) is 0.386. The summed E-state index contributed by atoms with van der Waals surface area (Å²) in [5, 5.41) is 0. The largest absolute Gasteiger partial charge is 0.369 e. The molecule has 0 unspecified atom stereocenters. The zero-order valence-corrected chi connectivity index (χ0v) is 15.1. The van der Waals surface area contributed by atoms with Crippen molar-refractivity contribution >= 4 is 0 Å². The fraction of sp³-hybridized carbons (Fsp3) is 0.882. The number of hydrogen-bond donors (Lipinski definition) is 0. The maximum absolute atomic E-state index is 2.43. The molecule has 0 saturated carbocycles. The number of rotatable bonds is 3. The molecule has 0 bridgehead atoms. The van der Waals surface area contributed by atoms with Gasteiger partial charge in [0.05, 0.1) is 0 Å². The van der Waals surface area contributed by atoms with Crippen molar-refractivity contribution < 1.29 is 0 Å². The van der Waals surface area contributed by atoms with Gasteiger partial charge in [-0.2, -0.15) is 0 Å². The van der Waals surface area contributed by atoms with Crippen LogP contribution >= 0.6 is 0 Å². The second-order valence-electron chi connectivity index (χ2n) is 8.68. The van der Waals surface area contributed by atoms with Crippen LogP contribution in [0, 0.1) is 0 Å². The third-order valence-electron chi connectivity index (χ3n) is 3.15. The number of nitrogens with zero attached hydrogens (tertiary/aromatic N) is 2. The summed E-state index contributed by atoms with van der Waals surface area (Å²) in [6, 6.07) is 0.498. The summed E-state index contributed by atoms with van der Waals surface area (Å²) < 4.78 is 0. The summed E-state index contributed by atoms with van der Waals surface area (Å²) in [6.45, 7) is 24.8. The molecule has 2 heteroatoms. The first-order chi connectivity index (χ1) is 8.17. The monoisotopic (exact) mass is 268 g/mol. The predicted octanol–water partition coefficient (Wildman–Crippen LogP) is 4.87. The molecule has 0 heterocycles. The van der Waals surface area contributed by atoms with Crippen molar-refractivity contribution in [1.29, 1.82) is 0 Å². The summed E-state index contributed by atoms with van der Waals surface area (Å²) in [6.07, 6.45) is 4.51. The Morgan fingerprint density at radius 2 is 1.00 bits per heavy atom. The van der Waals surface area contributed by atoms with Crippen LogP contribution < -0.4 is 0 Å². The molecule has 0 spiro atoms. The fourth-order valence-corrected chi connectivity index (χ4v) is 2.76. The van der Waals surface area contributed by atoms with E-state index in [1.807, 2.05) is 0 Å². The van der Waals surface area contributed by atoms with Gasteiger partial charge in [0.1, 0.15) is 0 Å². The highest BCUT2D eigenvalue weighted by Gasteiger charge is 2.29. The van der Waals surface area contributed by atoms with Gasteiger partial charge in [-0.3, -0.25) is 0 Å². The molecule has 0 rings (SSSR count). The average Bonchev–Trinajstić information content (AvgIpc) is 2.04. The van der Waals surface area contributed by atoms with Crippen LogP contribution in [-0.2, 0) is 0 Å². The quantitative estimate of drug-likeness (QED) is 0.721. The minimum absolute atomic E-state index is 0.120. The molecule has 114 valence electrons. The lowest BCUT2D eigenvalue weighted by molar-refractivity contribution is 0.0883. The zero-order valence-electron chi connectivity index (χ0n) is 15.1. The van der Waals surface area contributed by atoms with E-state index in [-0.39, 0.29) is 16.6 Å². The Balaban J connectivity index is 5.29. The molecule has 0 saturated heterocycles. The molecule has 2 nitrogen and oxygen atoms in total. The SMILES string of the molecule is CC(C)N(/C=C/N(C(C)(C)C)C(C)(C)C)C(C)(C)C. The minimum atomic E-state index is 0.120. The van der Waals surface area contributed by atoms with E-state index in [1.54, 1.807) is 0 Å². The third kappa shape index (κ3) is 5.88. The first kappa shape index (κ1) is 18.3. The Kier molecular flexibility index (Phi) is 5.56. The molecule has 0 aliphatic rings. The molecule has 0 atom stereocenters. The van der Waals surface area contributed by atoms with E-state index in [9.17, 15) is 0 Å². The summed E-state index contributed by atoms with van der Waals surface area (Å²) in [7, 11) is 0. The van der Waals surface area contributed by atoms with Gasteiger partial charge in [-0.1, -0.05) is 0 Å². The van der Waals surface area contributed by atoms with Gasteiger partial charge in [-0.05, 0) is 76.2 Å². The van der Waals surface area contributed by atoms with Crippen LogP contribution in [0.5, 0.6) is 0 Å². The normalized spacial score (nSPS) is 14.3. The number of hydrogen-bond acceptors (Lipinski definition) is 2.